The summed E-state index contributed by atoms with van der Waals surface area (Å²) in [5.74, 6) is 1.68. The molecule has 0 amide bonds. The number of ketones is 1. The Hall–Kier alpha value is -2.04. The van der Waals surface area contributed by atoms with Crippen LogP contribution in [-0.2, 0) is 13.2 Å². The summed E-state index contributed by atoms with van der Waals surface area (Å²) in [6.45, 7) is 0.697. The molecule has 1 unspecified atom stereocenters. The van der Waals surface area contributed by atoms with Crippen molar-refractivity contribution in [1.82, 2.24) is 0 Å². The SMILES string of the molecule is O=C(CCP)c1c(COc2ccccc2)cccc1COc1ccccc1.[Li]. The molecular weight excluding hydrogens is 362 g/mol. The molecule has 0 aliphatic carbocycles. The molecule has 0 N–H and O–H groups in total. The van der Waals surface area contributed by atoms with Gasteiger partial charge in [-0.1, -0.05) is 54.6 Å². The van der Waals surface area contributed by atoms with Gasteiger partial charge in [0.25, 0.3) is 0 Å². The minimum atomic E-state index is 0. The molecule has 1 atom stereocenters. The molecule has 139 valence electrons. The summed E-state index contributed by atoms with van der Waals surface area (Å²) >= 11 is 0. The van der Waals surface area contributed by atoms with E-state index in [0.29, 0.717) is 25.2 Å². The molecule has 0 aliphatic heterocycles. The van der Waals surface area contributed by atoms with Crippen LogP contribution in [-0.4, -0.2) is 30.8 Å². The summed E-state index contributed by atoms with van der Waals surface area (Å²) in [6, 6.07) is 25.1. The van der Waals surface area contributed by atoms with Crippen LogP contribution in [0.4, 0.5) is 0 Å². The average Bonchev–Trinajstić information content (AvgIpc) is 2.72. The van der Waals surface area contributed by atoms with E-state index < -0.39 is 0 Å². The molecule has 5 heteroatoms. The molecule has 0 saturated carbocycles. The summed E-state index contributed by atoms with van der Waals surface area (Å²) in [5, 5.41) is 0. The number of para-hydroxylation sites is 2. The smallest absolute Gasteiger partial charge is 0.164 e. The van der Waals surface area contributed by atoms with Gasteiger partial charge in [0.1, 0.15) is 24.7 Å². The molecule has 3 rings (SSSR count). The quantitative estimate of drug-likeness (QED) is 0.298. The molecule has 0 spiro atoms. The zero-order valence-corrected chi connectivity index (χ0v) is 17.3. The molecule has 28 heavy (non-hydrogen) atoms. The van der Waals surface area contributed by atoms with E-state index in [2.05, 4.69) is 9.24 Å². The van der Waals surface area contributed by atoms with Gasteiger partial charge in [0, 0.05) is 42.0 Å². The third-order valence-electron chi connectivity index (χ3n) is 4.16. The molecule has 0 fully saturated rings. The van der Waals surface area contributed by atoms with E-state index in [1.807, 2.05) is 78.9 Å². The van der Waals surface area contributed by atoms with Gasteiger partial charge in [-0.05, 0) is 30.4 Å². The molecular formula is C23H23LiO3P. The van der Waals surface area contributed by atoms with Crippen molar-refractivity contribution in [3.05, 3.63) is 95.6 Å². The molecule has 1 radical (unpaired) electrons. The van der Waals surface area contributed by atoms with Crippen LogP contribution in [0.2, 0.25) is 0 Å². The molecule has 0 saturated heterocycles. The zero-order chi connectivity index (χ0) is 18.9. The molecule has 3 aromatic rings. The largest absolute Gasteiger partial charge is 0.489 e. The summed E-state index contributed by atoms with van der Waals surface area (Å²) in [5.41, 5.74) is 2.49. The van der Waals surface area contributed by atoms with Gasteiger partial charge in [0.2, 0.25) is 0 Å². The summed E-state index contributed by atoms with van der Waals surface area (Å²) in [7, 11) is 2.61. The molecule has 3 aromatic carbocycles. The zero-order valence-electron chi connectivity index (χ0n) is 16.1. The van der Waals surface area contributed by atoms with E-state index in [1.54, 1.807) is 0 Å². The van der Waals surface area contributed by atoms with Gasteiger partial charge in [-0.25, -0.2) is 0 Å². The van der Waals surface area contributed by atoms with Crippen molar-refractivity contribution >= 4 is 33.9 Å². The van der Waals surface area contributed by atoms with E-state index >= 15 is 0 Å². The van der Waals surface area contributed by atoms with Crippen molar-refractivity contribution < 1.29 is 14.3 Å². The Labute approximate surface area is 180 Å². The first-order valence-electron chi connectivity index (χ1n) is 8.97. The van der Waals surface area contributed by atoms with Gasteiger partial charge in [0.15, 0.2) is 5.78 Å². The van der Waals surface area contributed by atoms with Crippen LogP contribution < -0.4 is 9.47 Å². The molecule has 0 aromatic heterocycles. The Kier molecular flexibility index (Phi) is 9.31. The van der Waals surface area contributed by atoms with Crippen molar-refractivity contribution in [2.24, 2.45) is 0 Å². The van der Waals surface area contributed by atoms with Crippen molar-refractivity contribution in [2.45, 2.75) is 19.6 Å². The van der Waals surface area contributed by atoms with E-state index in [-0.39, 0.29) is 24.6 Å². The predicted octanol–water partition coefficient (Wildman–Crippen LogP) is 4.91. The Balaban J connectivity index is 0.00000280. The van der Waals surface area contributed by atoms with Gasteiger partial charge < -0.3 is 9.47 Å². The Morgan fingerprint density at radius 2 is 1.18 bits per heavy atom. The second-order valence-electron chi connectivity index (χ2n) is 6.12. The normalized spacial score (nSPS) is 10.0. The summed E-state index contributed by atoms with van der Waals surface area (Å²) in [6.07, 6.45) is 1.21. The van der Waals surface area contributed by atoms with E-state index in [9.17, 15) is 4.79 Å². The van der Waals surface area contributed by atoms with Crippen molar-refractivity contribution in [3.8, 4) is 11.5 Å². The second kappa shape index (κ2) is 11.7. The van der Waals surface area contributed by atoms with Gasteiger partial charge in [-0.15, -0.1) is 9.24 Å². The number of ether oxygens (including phenoxy) is 2. The van der Waals surface area contributed by atoms with Crippen molar-refractivity contribution in [2.75, 3.05) is 6.16 Å². The maximum atomic E-state index is 12.8. The first-order valence-corrected chi connectivity index (χ1v) is 9.79. The number of hydrogen-bond donors (Lipinski definition) is 0. The van der Waals surface area contributed by atoms with Crippen LogP contribution in [0.25, 0.3) is 0 Å². The number of Topliss-reactive ketones (excluding diaryl/α,β-unsaturated/α-hetero) is 1. The fourth-order valence-corrected chi connectivity index (χ4v) is 3.13. The van der Waals surface area contributed by atoms with E-state index in [1.165, 1.54) is 0 Å². The molecule has 0 bridgehead atoms. The summed E-state index contributed by atoms with van der Waals surface area (Å²) < 4.78 is 11.8. The average molecular weight is 385 g/mol. The van der Waals surface area contributed by atoms with Crippen molar-refractivity contribution in [3.63, 3.8) is 0 Å². The number of rotatable bonds is 9. The minimum Gasteiger partial charge on any atom is -0.489 e. The third kappa shape index (κ3) is 6.25. The van der Waals surface area contributed by atoms with Gasteiger partial charge >= 0.3 is 0 Å². The molecule has 0 aliphatic rings. The van der Waals surface area contributed by atoms with Crippen LogP contribution in [0.5, 0.6) is 11.5 Å². The third-order valence-corrected chi connectivity index (χ3v) is 4.45. The maximum absolute atomic E-state index is 12.8. The Morgan fingerprint density at radius 1 is 0.714 bits per heavy atom. The number of carbonyl (C=O) groups is 1. The first-order chi connectivity index (χ1) is 13.3. The van der Waals surface area contributed by atoms with Crippen molar-refractivity contribution in [1.29, 1.82) is 0 Å². The Morgan fingerprint density at radius 3 is 1.61 bits per heavy atom. The number of benzene rings is 3. The Bertz CT molecular complexity index is 808. The number of hydrogen-bond acceptors (Lipinski definition) is 3. The predicted molar refractivity (Wildman–Crippen MR) is 117 cm³/mol. The minimum absolute atomic E-state index is 0. The summed E-state index contributed by atoms with van der Waals surface area (Å²) in [4.78, 5) is 12.8. The van der Waals surface area contributed by atoms with Crippen LogP contribution in [0.1, 0.15) is 27.9 Å². The maximum Gasteiger partial charge on any atom is 0.164 e. The van der Waals surface area contributed by atoms with Crippen LogP contribution in [0.3, 0.4) is 0 Å². The number of carbonyl (C=O) groups excluding carboxylic acids is 1. The van der Waals surface area contributed by atoms with Crippen LogP contribution in [0, 0.1) is 0 Å². The fourth-order valence-electron chi connectivity index (χ4n) is 2.86. The second-order valence-corrected chi connectivity index (χ2v) is 6.69. The van der Waals surface area contributed by atoms with Crippen LogP contribution in [0.15, 0.2) is 78.9 Å². The molecule has 0 heterocycles. The standard InChI is InChI=1S/C23H23O3P.Li/c24-22(14-15-27)23-18(16-25-20-10-3-1-4-11-20)8-7-9-19(23)17-26-21-12-5-2-6-13-21;/h1-13H,14-17,27H2;. The van der Waals surface area contributed by atoms with E-state index in [0.717, 1.165) is 28.8 Å². The molecule has 3 nitrogen and oxygen atoms in total. The van der Waals surface area contributed by atoms with Crippen LogP contribution >= 0.6 is 9.24 Å². The fraction of sp³-hybridized carbons (Fsp3) is 0.174. The van der Waals surface area contributed by atoms with Gasteiger partial charge in [-0.3, -0.25) is 4.79 Å². The topological polar surface area (TPSA) is 35.5 Å². The first kappa shape index (κ1) is 22.2. The van der Waals surface area contributed by atoms with E-state index in [4.69, 9.17) is 9.47 Å². The van der Waals surface area contributed by atoms with Gasteiger partial charge in [-0.2, -0.15) is 0 Å². The monoisotopic (exact) mass is 385 g/mol. The van der Waals surface area contributed by atoms with Gasteiger partial charge in [0.05, 0.1) is 0 Å².